The molecule has 1 aliphatic carbocycles. The molecule has 16 heavy (non-hydrogen) atoms. The number of benzene rings is 1. The van der Waals surface area contributed by atoms with E-state index in [0.717, 1.165) is 19.4 Å². The van der Waals surface area contributed by atoms with Crippen LogP contribution in [0.4, 0.5) is 0 Å². The zero-order valence-electron chi connectivity index (χ0n) is 9.22. The molecule has 0 unspecified atom stereocenters. The van der Waals surface area contributed by atoms with Crippen LogP contribution in [0.15, 0.2) is 35.2 Å². The maximum atomic E-state index is 5.85. The molecule has 1 aliphatic heterocycles. The van der Waals surface area contributed by atoms with Gasteiger partial charge in [-0.3, -0.25) is 0 Å². The van der Waals surface area contributed by atoms with Gasteiger partial charge in [0.25, 0.3) is 0 Å². The van der Waals surface area contributed by atoms with Crippen LogP contribution >= 0.6 is 12.0 Å². The minimum Gasteiger partial charge on any atom is -0.370 e. The van der Waals surface area contributed by atoms with Gasteiger partial charge in [0.1, 0.15) is 0 Å². The van der Waals surface area contributed by atoms with E-state index in [4.69, 9.17) is 8.92 Å². The highest BCUT2D eigenvalue weighted by molar-refractivity contribution is 7.94. The van der Waals surface area contributed by atoms with Gasteiger partial charge in [0.2, 0.25) is 0 Å². The van der Waals surface area contributed by atoms with Crippen molar-refractivity contribution in [1.82, 2.24) is 0 Å². The van der Waals surface area contributed by atoms with Crippen LogP contribution in [0.25, 0.3) is 0 Å². The fraction of sp³-hybridized carbons (Fsp3) is 0.538. The first-order valence-electron chi connectivity index (χ1n) is 5.89. The Morgan fingerprint density at radius 3 is 2.50 bits per heavy atom. The first-order valence-corrected chi connectivity index (χ1v) is 6.63. The molecule has 2 aliphatic rings. The summed E-state index contributed by atoms with van der Waals surface area (Å²) in [6.07, 6.45) is 5.03. The highest BCUT2D eigenvalue weighted by Gasteiger charge is 2.47. The molecule has 1 saturated carbocycles. The summed E-state index contributed by atoms with van der Waals surface area (Å²) >= 11 is 1.51. The third-order valence-electron chi connectivity index (χ3n) is 3.42. The van der Waals surface area contributed by atoms with Gasteiger partial charge in [0.15, 0.2) is 0 Å². The van der Waals surface area contributed by atoms with Crippen LogP contribution < -0.4 is 0 Å². The Morgan fingerprint density at radius 2 is 1.88 bits per heavy atom. The van der Waals surface area contributed by atoms with Crippen molar-refractivity contribution in [2.75, 3.05) is 6.61 Å². The van der Waals surface area contributed by atoms with E-state index in [-0.39, 0.29) is 5.60 Å². The number of hydrogen-bond donors (Lipinski definition) is 0. The van der Waals surface area contributed by atoms with Gasteiger partial charge in [0.05, 0.1) is 18.3 Å². The largest absolute Gasteiger partial charge is 0.370 e. The van der Waals surface area contributed by atoms with Crippen LogP contribution in [0, 0.1) is 0 Å². The van der Waals surface area contributed by atoms with E-state index in [1.807, 2.05) is 18.2 Å². The summed E-state index contributed by atoms with van der Waals surface area (Å²) in [5.74, 6) is 0. The topological polar surface area (TPSA) is 21.8 Å². The molecule has 2 nitrogen and oxygen atoms in total. The smallest absolute Gasteiger partial charge is 0.0918 e. The Bertz CT molecular complexity index is 338. The van der Waals surface area contributed by atoms with Crippen LogP contribution in [0.2, 0.25) is 0 Å². The average Bonchev–Trinajstić information content (AvgIpc) is 3.10. The molecule has 1 aromatic rings. The van der Waals surface area contributed by atoms with Crippen molar-refractivity contribution in [2.24, 2.45) is 0 Å². The van der Waals surface area contributed by atoms with E-state index < -0.39 is 0 Å². The number of epoxide rings is 1. The summed E-state index contributed by atoms with van der Waals surface area (Å²) in [7, 11) is 0. The Hall–Kier alpha value is -0.510. The zero-order valence-corrected chi connectivity index (χ0v) is 10.0. The van der Waals surface area contributed by atoms with Crippen LogP contribution in [-0.4, -0.2) is 18.3 Å². The van der Waals surface area contributed by atoms with Crippen molar-refractivity contribution >= 4 is 12.0 Å². The van der Waals surface area contributed by atoms with Crippen molar-refractivity contribution in [3.63, 3.8) is 0 Å². The lowest BCUT2D eigenvalue weighted by molar-refractivity contribution is 0.129. The molecule has 0 atom stereocenters. The lowest BCUT2D eigenvalue weighted by Gasteiger charge is -2.25. The first kappa shape index (κ1) is 10.6. The molecule has 0 N–H and O–H groups in total. The van der Waals surface area contributed by atoms with Gasteiger partial charge in [-0.15, -0.1) is 0 Å². The highest BCUT2D eigenvalue weighted by Crippen LogP contribution is 2.43. The SMILES string of the molecule is c1ccc(SOC2CCC3(CC2)CO3)cc1. The van der Waals surface area contributed by atoms with Gasteiger partial charge < -0.3 is 8.92 Å². The quantitative estimate of drug-likeness (QED) is 0.593. The molecule has 0 bridgehead atoms. The molecule has 1 saturated heterocycles. The maximum absolute atomic E-state index is 5.85. The maximum Gasteiger partial charge on any atom is 0.0918 e. The van der Waals surface area contributed by atoms with Crippen molar-refractivity contribution in [3.8, 4) is 0 Å². The zero-order chi connectivity index (χ0) is 10.8. The summed E-state index contributed by atoms with van der Waals surface area (Å²) in [4.78, 5) is 1.19. The first-order chi connectivity index (χ1) is 7.86. The molecule has 0 amide bonds. The summed E-state index contributed by atoms with van der Waals surface area (Å²) < 4.78 is 11.3. The predicted octanol–water partition coefficient (Wildman–Crippen LogP) is 3.42. The summed E-state index contributed by atoms with van der Waals surface area (Å²) in [5.41, 5.74) is 0.275. The lowest BCUT2D eigenvalue weighted by Crippen LogP contribution is -2.25. The third kappa shape index (κ3) is 2.42. The molecular weight excluding hydrogens is 220 g/mol. The predicted molar refractivity (Wildman–Crippen MR) is 64.3 cm³/mol. The summed E-state index contributed by atoms with van der Waals surface area (Å²) in [5, 5.41) is 0. The third-order valence-corrected chi connectivity index (χ3v) is 4.25. The Morgan fingerprint density at radius 1 is 1.19 bits per heavy atom. The summed E-state index contributed by atoms with van der Waals surface area (Å²) in [6, 6.07) is 10.3. The lowest BCUT2D eigenvalue weighted by atomic mass is 9.88. The van der Waals surface area contributed by atoms with E-state index in [1.165, 1.54) is 29.8 Å². The van der Waals surface area contributed by atoms with Crippen LogP contribution in [0.3, 0.4) is 0 Å². The van der Waals surface area contributed by atoms with E-state index in [2.05, 4.69) is 12.1 Å². The van der Waals surface area contributed by atoms with Crippen molar-refractivity contribution < 1.29 is 8.92 Å². The van der Waals surface area contributed by atoms with E-state index >= 15 is 0 Å². The van der Waals surface area contributed by atoms with Gasteiger partial charge in [-0.25, -0.2) is 0 Å². The van der Waals surface area contributed by atoms with Gasteiger partial charge in [0, 0.05) is 16.9 Å². The minimum atomic E-state index is 0.275. The summed E-state index contributed by atoms with van der Waals surface area (Å²) in [6.45, 7) is 0.978. The molecule has 1 aromatic carbocycles. The Labute approximate surface area is 101 Å². The molecule has 0 aromatic heterocycles. The average molecular weight is 236 g/mol. The van der Waals surface area contributed by atoms with Gasteiger partial charge in [-0.05, 0) is 37.8 Å². The highest BCUT2D eigenvalue weighted by atomic mass is 32.2. The standard InChI is InChI=1S/C13H16O2S/c1-2-4-12(5-3-1)16-15-11-6-8-13(9-7-11)10-14-13/h1-5,11H,6-10H2. The number of ether oxygens (including phenoxy) is 1. The molecule has 3 rings (SSSR count). The minimum absolute atomic E-state index is 0.275. The van der Waals surface area contributed by atoms with E-state index in [9.17, 15) is 0 Å². The number of hydrogen-bond acceptors (Lipinski definition) is 3. The van der Waals surface area contributed by atoms with E-state index in [0.29, 0.717) is 6.10 Å². The number of rotatable bonds is 3. The normalized spacial score (nSPS) is 32.9. The van der Waals surface area contributed by atoms with Crippen LogP contribution in [0.5, 0.6) is 0 Å². The van der Waals surface area contributed by atoms with Crippen molar-refractivity contribution in [1.29, 1.82) is 0 Å². The Kier molecular flexibility index (Phi) is 2.92. The second-order valence-electron chi connectivity index (χ2n) is 4.66. The molecule has 86 valence electrons. The fourth-order valence-corrected chi connectivity index (χ4v) is 2.91. The second kappa shape index (κ2) is 4.40. The second-order valence-corrected chi connectivity index (χ2v) is 5.49. The molecule has 1 heterocycles. The molecular formula is C13H16O2S. The van der Waals surface area contributed by atoms with Crippen LogP contribution in [0.1, 0.15) is 25.7 Å². The molecule has 3 heteroatoms. The Balaban J connectivity index is 1.46. The van der Waals surface area contributed by atoms with Crippen molar-refractivity contribution in [3.05, 3.63) is 30.3 Å². The molecule has 1 spiro atoms. The van der Waals surface area contributed by atoms with Gasteiger partial charge >= 0.3 is 0 Å². The molecule has 0 radical (unpaired) electrons. The van der Waals surface area contributed by atoms with Crippen LogP contribution in [-0.2, 0) is 8.92 Å². The fourth-order valence-electron chi connectivity index (χ4n) is 2.20. The molecule has 2 fully saturated rings. The van der Waals surface area contributed by atoms with Gasteiger partial charge in [-0.1, -0.05) is 18.2 Å². The van der Waals surface area contributed by atoms with Crippen molar-refractivity contribution in [2.45, 2.75) is 42.3 Å². The monoisotopic (exact) mass is 236 g/mol. The van der Waals surface area contributed by atoms with E-state index in [1.54, 1.807) is 0 Å². The van der Waals surface area contributed by atoms with Gasteiger partial charge in [-0.2, -0.15) is 0 Å².